The van der Waals surface area contributed by atoms with E-state index in [4.69, 9.17) is 0 Å². The Balaban J connectivity index is 1.59. The van der Waals surface area contributed by atoms with Crippen LogP contribution in [0.4, 0.5) is 20.2 Å². The number of rotatable bonds is 8. The maximum Gasteiger partial charge on any atom is 0.261 e. The van der Waals surface area contributed by atoms with Gasteiger partial charge in [0.2, 0.25) is 5.91 Å². The molecule has 0 spiro atoms. The van der Waals surface area contributed by atoms with Gasteiger partial charge in [-0.25, -0.2) is 17.2 Å². The molecular weight excluding hydrogens is 458 g/mol. The number of Topliss-reactive ketones (excluding diaryl/α,β-unsaturated/α-hetero) is 1. The predicted octanol–water partition coefficient (Wildman–Crippen LogP) is 4.70. The van der Waals surface area contributed by atoms with E-state index >= 15 is 0 Å². The largest absolute Gasteiger partial charge is 0.325 e. The Morgan fingerprint density at radius 1 is 0.938 bits per heavy atom. The first-order valence-corrected chi connectivity index (χ1v) is 11.7. The van der Waals surface area contributed by atoms with Gasteiger partial charge in [-0.3, -0.25) is 14.3 Å². The van der Waals surface area contributed by atoms with E-state index in [1.807, 2.05) is 0 Å². The highest BCUT2D eigenvalue weighted by Gasteiger charge is 2.15. The normalized spacial score (nSPS) is 11.1. The molecule has 0 atom stereocenters. The Bertz CT molecular complexity index is 1260. The van der Waals surface area contributed by atoms with E-state index in [-0.39, 0.29) is 32.6 Å². The summed E-state index contributed by atoms with van der Waals surface area (Å²) in [4.78, 5) is 23.6. The first-order valence-electron chi connectivity index (χ1n) is 9.25. The van der Waals surface area contributed by atoms with Crippen molar-refractivity contribution < 1.29 is 26.8 Å². The first kappa shape index (κ1) is 23.4. The van der Waals surface area contributed by atoms with Crippen molar-refractivity contribution in [3.63, 3.8) is 0 Å². The zero-order valence-corrected chi connectivity index (χ0v) is 18.4. The number of ketones is 1. The second-order valence-electron chi connectivity index (χ2n) is 6.68. The number of sulfonamides is 1. The number of hydrogen-bond donors (Lipinski definition) is 2. The van der Waals surface area contributed by atoms with Gasteiger partial charge in [0, 0.05) is 16.1 Å². The lowest BCUT2D eigenvalue weighted by Gasteiger charge is -2.10. The molecule has 10 heteroatoms. The summed E-state index contributed by atoms with van der Waals surface area (Å²) in [5, 5.41) is 2.60. The van der Waals surface area contributed by atoms with Crippen molar-refractivity contribution in [2.24, 2.45) is 0 Å². The second kappa shape index (κ2) is 9.92. The van der Waals surface area contributed by atoms with E-state index in [1.165, 1.54) is 61.5 Å². The van der Waals surface area contributed by atoms with Crippen LogP contribution < -0.4 is 10.0 Å². The van der Waals surface area contributed by atoms with Gasteiger partial charge in [0.25, 0.3) is 10.0 Å². The molecule has 6 nitrogen and oxygen atoms in total. The Kier molecular flexibility index (Phi) is 7.26. The molecule has 0 saturated carbocycles. The van der Waals surface area contributed by atoms with Gasteiger partial charge in [-0.05, 0) is 61.5 Å². The average molecular weight is 477 g/mol. The lowest BCUT2D eigenvalue weighted by molar-refractivity contribution is -0.113. The summed E-state index contributed by atoms with van der Waals surface area (Å²) in [5.41, 5.74) is 0.689. The van der Waals surface area contributed by atoms with Gasteiger partial charge in [0.05, 0.1) is 16.3 Å². The fourth-order valence-electron chi connectivity index (χ4n) is 2.66. The molecule has 3 aromatic rings. The van der Waals surface area contributed by atoms with E-state index < -0.39 is 27.6 Å². The molecular formula is C22H18F2N2O4S2. The number of thioether (sulfide) groups is 1. The smallest absolute Gasteiger partial charge is 0.261 e. The highest BCUT2D eigenvalue weighted by molar-refractivity contribution is 8.00. The van der Waals surface area contributed by atoms with Gasteiger partial charge in [0.1, 0.15) is 11.6 Å². The average Bonchev–Trinajstić information content (AvgIpc) is 2.73. The van der Waals surface area contributed by atoms with Crippen molar-refractivity contribution in [2.75, 3.05) is 15.8 Å². The van der Waals surface area contributed by atoms with Crippen LogP contribution in [0, 0.1) is 11.6 Å². The maximum atomic E-state index is 14.0. The molecule has 3 aromatic carbocycles. The van der Waals surface area contributed by atoms with Gasteiger partial charge >= 0.3 is 0 Å². The van der Waals surface area contributed by atoms with Crippen LogP contribution in [0.2, 0.25) is 0 Å². The SMILES string of the molecule is CC(=O)c1ccc(SCC(=O)Nc2ccc(S(=O)(=O)Nc3cccc(F)c3)cc2)c(F)c1. The standard InChI is InChI=1S/C22H18F2N2O4S2/c1-14(27)15-5-10-21(20(24)11-15)31-13-22(28)25-17-6-8-19(9-7-17)32(29,30)26-18-4-2-3-16(23)12-18/h2-12,26H,13H2,1H3,(H,25,28). The number of amides is 1. The zero-order chi connectivity index (χ0) is 23.3. The number of anilines is 2. The third kappa shape index (κ3) is 6.14. The molecule has 2 N–H and O–H groups in total. The fourth-order valence-corrected chi connectivity index (χ4v) is 4.43. The van der Waals surface area contributed by atoms with E-state index in [2.05, 4.69) is 10.0 Å². The minimum Gasteiger partial charge on any atom is -0.325 e. The summed E-state index contributed by atoms with van der Waals surface area (Å²) < 4.78 is 54.4. The third-order valence-electron chi connectivity index (χ3n) is 4.22. The molecule has 3 rings (SSSR count). The molecule has 0 bridgehead atoms. The van der Waals surface area contributed by atoms with Crippen LogP contribution in [0.3, 0.4) is 0 Å². The Hall–Kier alpha value is -3.24. The molecule has 0 heterocycles. The van der Waals surface area contributed by atoms with Crippen LogP contribution in [0.5, 0.6) is 0 Å². The molecule has 0 fully saturated rings. The Morgan fingerprint density at radius 3 is 2.28 bits per heavy atom. The Morgan fingerprint density at radius 2 is 1.66 bits per heavy atom. The third-order valence-corrected chi connectivity index (χ3v) is 6.67. The fraction of sp³-hybridized carbons (Fsp3) is 0.0909. The Labute approximate surface area is 188 Å². The van der Waals surface area contributed by atoms with Crippen LogP contribution in [-0.4, -0.2) is 25.9 Å². The van der Waals surface area contributed by atoms with E-state index in [0.29, 0.717) is 5.69 Å². The van der Waals surface area contributed by atoms with E-state index in [9.17, 15) is 26.8 Å². The molecule has 0 aliphatic rings. The molecule has 1 amide bonds. The summed E-state index contributed by atoms with van der Waals surface area (Å²) in [7, 11) is -3.94. The van der Waals surface area contributed by atoms with Crippen molar-refractivity contribution in [1.29, 1.82) is 0 Å². The summed E-state index contributed by atoms with van der Waals surface area (Å²) in [5.74, 6) is -1.92. The van der Waals surface area contributed by atoms with Gasteiger partial charge in [-0.2, -0.15) is 0 Å². The lowest BCUT2D eigenvalue weighted by atomic mass is 10.1. The van der Waals surface area contributed by atoms with Gasteiger partial charge in [-0.1, -0.05) is 12.1 Å². The van der Waals surface area contributed by atoms with Crippen LogP contribution >= 0.6 is 11.8 Å². The van der Waals surface area contributed by atoms with Crippen molar-refractivity contribution in [3.8, 4) is 0 Å². The van der Waals surface area contributed by atoms with Crippen molar-refractivity contribution in [2.45, 2.75) is 16.7 Å². The van der Waals surface area contributed by atoms with Crippen LogP contribution in [0.15, 0.2) is 76.5 Å². The molecule has 0 unspecified atom stereocenters. The van der Waals surface area contributed by atoms with Crippen LogP contribution in [-0.2, 0) is 14.8 Å². The predicted molar refractivity (Wildman–Crippen MR) is 119 cm³/mol. The summed E-state index contributed by atoms with van der Waals surface area (Å²) in [6.45, 7) is 1.34. The molecule has 0 saturated heterocycles. The number of halogens is 2. The van der Waals surface area contributed by atoms with Crippen LogP contribution in [0.25, 0.3) is 0 Å². The summed E-state index contributed by atoms with van der Waals surface area (Å²) >= 11 is 0.970. The molecule has 166 valence electrons. The molecule has 32 heavy (non-hydrogen) atoms. The number of carbonyl (C=O) groups is 2. The zero-order valence-electron chi connectivity index (χ0n) is 16.8. The van der Waals surface area contributed by atoms with E-state index in [0.717, 1.165) is 23.9 Å². The minimum atomic E-state index is -3.94. The highest BCUT2D eigenvalue weighted by atomic mass is 32.2. The highest BCUT2D eigenvalue weighted by Crippen LogP contribution is 2.24. The molecule has 0 aliphatic heterocycles. The van der Waals surface area contributed by atoms with Crippen molar-refractivity contribution in [3.05, 3.63) is 83.9 Å². The van der Waals surface area contributed by atoms with Gasteiger partial charge in [-0.15, -0.1) is 11.8 Å². The van der Waals surface area contributed by atoms with E-state index in [1.54, 1.807) is 0 Å². The summed E-state index contributed by atoms with van der Waals surface area (Å²) in [6, 6.07) is 14.5. The molecule has 0 aliphatic carbocycles. The topological polar surface area (TPSA) is 92.3 Å². The number of carbonyl (C=O) groups excluding carboxylic acids is 2. The first-order chi connectivity index (χ1) is 15.1. The minimum absolute atomic E-state index is 0.0678. The van der Waals surface area contributed by atoms with Crippen molar-refractivity contribution >= 4 is 44.9 Å². The quantitative estimate of drug-likeness (QED) is 0.363. The lowest BCUT2D eigenvalue weighted by Crippen LogP contribution is -2.15. The monoisotopic (exact) mass is 476 g/mol. The molecule has 0 aromatic heterocycles. The van der Waals surface area contributed by atoms with Gasteiger partial charge in [0.15, 0.2) is 5.78 Å². The van der Waals surface area contributed by atoms with Crippen LogP contribution in [0.1, 0.15) is 17.3 Å². The second-order valence-corrected chi connectivity index (χ2v) is 9.38. The maximum absolute atomic E-state index is 14.0. The number of nitrogens with one attached hydrogen (secondary N) is 2. The van der Waals surface area contributed by atoms with Gasteiger partial charge < -0.3 is 5.32 Å². The van der Waals surface area contributed by atoms with Crippen molar-refractivity contribution in [1.82, 2.24) is 0 Å². The number of benzene rings is 3. The molecule has 0 radical (unpaired) electrons. The summed E-state index contributed by atoms with van der Waals surface area (Å²) in [6.07, 6.45) is 0. The number of hydrogen-bond acceptors (Lipinski definition) is 5.